The molecule has 128 valence electrons. The maximum atomic E-state index is 5.78. The number of para-hydroxylation sites is 2. The largest absolute Gasteiger partial charge is 0.431 e. The van der Waals surface area contributed by atoms with Crippen LogP contribution in [0.25, 0.3) is 11.1 Å². The smallest absolute Gasteiger partial charge is 0.262 e. The highest BCUT2D eigenvalue weighted by Crippen LogP contribution is 2.32. The number of hydrogen-bond donors (Lipinski definition) is 0. The average Bonchev–Trinajstić information content (AvgIpc) is 3.27. The first kappa shape index (κ1) is 15.3. The van der Waals surface area contributed by atoms with E-state index in [1.54, 1.807) is 6.34 Å². The van der Waals surface area contributed by atoms with E-state index in [9.17, 15) is 0 Å². The van der Waals surface area contributed by atoms with Gasteiger partial charge in [0.05, 0.1) is 6.54 Å². The van der Waals surface area contributed by atoms with Crippen LogP contribution in [0.1, 0.15) is 5.56 Å². The van der Waals surface area contributed by atoms with Gasteiger partial charge in [-0.25, -0.2) is 20.0 Å². The summed E-state index contributed by atoms with van der Waals surface area (Å²) in [7, 11) is 0. The number of nitrogens with zero attached hydrogens (tertiary/aromatic N) is 6. The van der Waals surface area contributed by atoms with Gasteiger partial charge in [0.2, 0.25) is 0 Å². The molecule has 0 saturated heterocycles. The predicted molar refractivity (Wildman–Crippen MR) is 100 cm³/mol. The third-order valence-electron chi connectivity index (χ3n) is 4.19. The molecule has 0 aliphatic carbocycles. The Kier molecular flexibility index (Phi) is 3.75. The molecular formula is C18H14N6OS. The molecule has 0 spiro atoms. The Morgan fingerprint density at radius 2 is 1.88 bits per heavy atom. The lowest BCUT2D eigenvalue weighted by Gasteiger charge is -2.24. The Labute approximate surface area is 153 Å². The van der Waals surface area contributed by atoms with Crippen molar-refractivity contribution in [1.29, 1.82) is 0 Å². The second-order valence-electron chi connectivity index (χ2n) is 5.93. The molecule has 3 aromatic rings. The van der Waals surface area contributed by atoms with Crippen LogP contribution in [0.5, 0.6) is 0 Å². The lowest BCUT2D eigenvalue weighted by atomic mass is 10.2. The summed E-state index contributed by atoms with van der Waals surface area (Å²) < 4.78 is 5.78. The summed E-state index contributed by atoms with van der Waals surface area (Å²) in [4.78, 5) is 13.3. The van der Waals surface area contributed by atoms with Gasteiger partial charge in [0.25, 0.3) is 5.22 Å². The number of thioether (sulfide) groups is 1. The van der Waals surface area contributed by atoms with Crippen molar-refractivity contribution in [1.82, 2.24) is 9.99 Å². The van der Waals surface area contributed by atoms with Crippen molar-refractivity contribution in [2.24, 2.45) is 20.3 Å². The quantitative estimate of drug-likeness (QED) is 0.707. The molecule has 0 saturated carbocycles. The molecular weight excluding hydrogens is 348 g/mol. The zero-order valence-electron chi connectivity index (χ0n) is 13.6. The van der Waals surface area contributed by atoms with Crippen molar-refractivity contribution < 1.29 is 4.42 Å². The van der Waals surface area contributed by atoms with Gasteiger partial charge in [-0.15, -0.1) is 0 Å². The minimum absolute atomic E-state index is 0.181. The highest BCUT2D eigenvalue weighted by Gasteiger charge is 2.38. The first-order valence-corrected chi connectivity index (χ1v) is 9.02. The molecule has 3 heterocycles. The summed E-state index contributed by atoms with van der Waals surface area (Å²) >= 11 is 1.38. The Bertz CT molecular complexity index is 995. The lowest BCUT2D eigenvalue weighted by molar-refractivity contribution is 0.227. The van der Waals surface area contributed by atoms with Crippen molar-refractivity contribution >= 4 is 34.2 Å². The van der Waals surface area contributed by atoms with Crippen molar-refractivity contribution in [2.75, 3.05) is 0 Å². The molecule has 0 fully saturated rings. The number of aromatic nitrogens is 1. The number of fused-ring (bicyclic) bond motifs is 2. The Balaban J connectivity index is 1.35. The van der Waals surface area contributed by atoms with Crippen LogP contribution in [0.3, 0.4) is 0 Å². The van der Waals surface area contributed by atoms with Gasteiger partial charge in [-0.3, -0.25) is 0 Å². The van der Waals surface area contributed by atoms with Crippen LogP contribution in [0.2, 0.25) is 0 Å². The van der Waals surface area contributed by atoms with Crippen molar-refractivity contribution in [2.45, 2.75) is 24.0 Å². The van der Waals surface area contributed by atoms with Crippen LogP contribution in [-0.4, -0.2) is 33.6 Å². The minimum Gasteiger partial charge on any atom is -0.431 e. The van der Waals surface area contributed by atoms with E-state index >= 15 is 0 Å². The number of rotatable bonds is 3. The summed E-state index contributed by atoms with van der Waals surface area (Å²) in [6, 6.07) is 17.6. The summed E-state index contributed by atoms with van der Waals surface area (Å²) in [5.41, 5.74) is 2.75. The summed E-state index contributed by atoms with van der Waals surface area (Å²) in [6.45, 7) is 0.656. The van der Waals surface area contributed by atoms with E-state index in [0.717, 1.165) is 21.7 Å². The fraction of sp³-hybridized carbons (Fsp3) is 0.167. The predicted octanol–water partition coefficient (Wildman–Crippen LogP) is 3.94. The maximum Gasteiger partial charge on any atom is 0.262 e. The van der Waals surface area contributed by atoms with E-state index in [1.165, 1.54) is 11.8 Å². The monoisotopic (exact) mass is 362 g/mol. The first-order chi connectivity index (χ1) is 12.9. The number of oxazole rings is 1. The minimum atomic E-state index is -0.233. The first-order valence-electron chi connectivity index (χ1n) is 8.21. The van der Waals surface area contributed by atoms with E-state index in [4.69, 9.17) is 4.42 Å². The summed E-state index contributed by atoms with van der Waals surface area (Å²) in [6.07, 6.45) is 1.39. The molecule has 0 N–H and O–H groups in total. The number of benzene rings is 2. The Hall–Kier alpha value is -3.00. The van der Waals surface area contributed by atoms with Gasteiger partial charge in [-0.1, -0.05) is 47.7 Å². The van der Waals surface area contributed by atoms with Crippen LogP contribution in [0.4, 0.5) is 0 Å². The second kappa shape index (κ2) is 6.38. The number of hydrogen-bond acceptors (Lipinski definition) is 8. The van der Waals surface area contributed by atoms with Gasteiger partial charge in [0, 0.05) is 0 Å². The molecule has 0 bridgehead atoms. The summed E-state index contributed by atoms with van der Waals surface area (Å²) in [5.74, 6) is 0. The SMILES string of the molecule is C1=NC2C(N=NN2Cc2ccccc2)C(Sc2nc3ccccc3o2)=N1. The topological polar surface area (TPSA) is 78.7 Å². The van der Waals surface area contributed by atoms with E-state index in [1.807, 2.05) is 47.5 Å². The van der Waals surface area contributed by atoms with Crippen LogP contribution in [0, 0.1) is 0 Å². The third kappa shape index (κ3) is 2.78. The zero-order chi connectivity index (χ0) is 17.3. The van der Waals surface area contributed by atoms with Crippen molar-refractivity contribution in [3.8, 4) is 0 Å². The highest BCUT2D eigenvalue weighted by molar-refractivity contribution is 8.14. The van der Waals surface area contributed by atoms with Crippen molar-refractivity contribution in [3.05, 3.63) is 60.2 Å². The molecule has 8 heteroatoms. The van der Waals surface area contributed by atoms with Gasteiger partial charge in [-0.05, 0) is 29.5 Å². The molecule has 26 heavy (non-hydrogen) atoms. The van der Waals surface area contributed by atoms with E-state index in [0.29, 0.717) is 11.8 Å². The fourth-order valence-electron chi connectivity index (χ4n) is 2.93. The normalized spacial score (nSPS) is 21.2. The molecule has 2 aliphatic heterocycles. The van der Waals surface area contributed by atoms with Crippen LogP contribution in [-0.2, 0) is 6.54 Å². The molecule has 5 rings (SSSR count). The van der Waals surface area contributed by atoms with E-state index in [2.05, 4.69) is 37.4 Å². The molecule has 2 atom stereocenters. The van der Waals surface area contributed by atoms with Gasteiger partial charge in [-0.2, -0.15) is 5.11 Å². The second-order valence-corrected chi connectivity index (χ2v) is 6.90. The van der Waals surface area contributed by atoms with Gasteiger partial charge >= 0.3 is 0 Å². The van der Waals surface area contributed by atoms with Crippen molar-refractivity contribution in [3.63, 3.8) is 0 Å². The highest BCUT2D eigenvalue weighted by atomic mass is 32.2. The number of aliphatic imine (C=N–C) groups is 2. The molecule has 2 unspecified atom stereocenters. The molecule has 0 amide bonds. The van der Waals surface area contributed by atoms with Crippen LogP contribution in [0.15, 0.2) is 84.6 Å². The molecule has 2 aromatic carbocycles. The lowest BCUT2D eigenvalue weighted by Crippen LogP contribution is -2.38. The Morgan fingerprint density at radius 3 is 2.77 bits per heavy atom. The van der Waals surface area contributed by atoms with Crippen LogP contribution < -0.4 is 0 Å². The van der Waals surface area contributed by atoms with E-state index in [-0.39, 0.29) is 12.2 Å². The third-order valence-corrected chi connectivity index (χ3v) is 5.09. The summed E-state index contributed by atoms with van der Waals surface area (Å²) in [5, 5.41) is 11.9. The Morgan fingerprint density at radius 1 is 1.04 bits per heavy atom. The van der Waals surface area contributed by atoms with Gasteiger partial charge < -0.3 is 4.42 Å². The maximum absolute atomic E-state index is 5.78. The standard InChI is InChI=1S/C18H14N6OS/c1-2-6-12(7-3-1)10-24-16-15(22-23-24)17(20-11-19-16)26-18-21-13-8-4-5-9-14(13)25-18/h1-9,11,15-16H,10H2. The molecule has 2 aliphatic rings. The zero-order valence-corrected chi connectivity index (χ0v) is 14.5. The molecule has 7 nitrogen and oxygen atoms in total. The van der Waals surface area contributed by atoms with Gasteiger partial charge in [0.15, 0.2) is 17.8 Å². The van der Waals surface area contributed by atoms with E-state index < -0.39 is 0 Å². The molecule has 0 radical (unpaired) electrons. The van der Waals surface area contributed by atoms with Crippen LogP contribution >= 0.6 is 11.8 Å². The van der Waals surface area contributed by atoms with Gasteiger partial charge in [0.1, 0.15) is 16.9 Å². The average molecular weight is 362 g/mol. The molecule has 1 aromatic heterocycles. The fourth-order valence-corrected chi connectivity index (χ4v) is 3.78.